The molecule has 1 atom stereocenters. The maximum absolute atomic E-state index is 12.3. The number of ether oxygens (including phenoxy) is 1. The molecule has 1 amide bonds. The second-order valence-corrected chi connectivity index (χ2v) is 8.89. The monoisotopic (exact) mass is 423 g/mol. The van der Waals surface area contributed by atoms with E-state index in [1.165, 1.54) is 5.56 Å². The molecule has 1 unspecified atom stereocenters. The number of likely N-dealkylation sites (tertiary alicyclic amines) is 1. The summed E-state index contributed by atoms with van der Waals surface area (Å²) in [5.74, 6) is -0.109. The van der Waals surface area contributed by atoms with Crippen molar-refractivity contribution in [1.29, 1.82) is 0 Å². The van der Waals surface area contributed by atoms with Crippen LogP contribution in [0.15, 0.2) is 47.2 Å². The van der Waals surface area contributed by atoms with Crippen LogP contribution >= 0.6 is 11.3 Å². The number of hydrogen-bond acceptors (Lipinski definition) is 6. The molecule has 1 spiro atoms. The van der Waals surface area contributed by atoms with Gasteiger partial charge in [-0.3, -0.25) is 9.69 Å². The summed E-state index contributed by atoms with van der Waals surface area (Å²) in [5.41, 5.74) is 3.54. The van der Waals surface area contributed by atoms with Gasteiger partial charge in [0.25, 0.3) is 5.91 Å². The van der Waals surface area contributed by atoms with Gasteiger partial charge in [-0.25, -0.2) is 4.68 Å². The molecule has 2 aromatic heterocycles. The Hall–Kier alpha value is -2.55. The van der Waals surface area contributed by atoms with Crippen molar-refractivity contribution in [2.45, 2.75) is 44.7 Å². The molecule has 3 aromatic rings. The van der Waals surface area contributed by atoms with Crippen LogP contribution < -0.4 is 5.32 Å². The van der Waals surface area contributed by atoms with Crippen LogP contribution in [0.2, 0.25) is 0 Å². The molecule has 30 heavy (non-hydrogen) atoms. The summed E-state index contributed by atoms with van der Waals surface area (Å²) < 4.78 is 8.39. The van der Waals surface area contributed by atoms with E-state index in [1.807, 2.05) is 22.9 Å². The summed E-state index contributed by atoms with van der Waals surface area (Å²) in [6, 6.07) is 11.4. The van der Waals surface area contributed by atoms with Crippen LogP contribution in [0.25, 0.3) is 0 Å². The number of benzene rings is 1. The topological polar surface area (TPSA) is 72.3 Å². The van der Waals surface area contributed by atoms with Gasteiger partial charge in [0.05, 0.1) is 25.4 Å². The molecule has 1 N–H and O–H groups in total. The maximum Gasteiger partial charge on any atom is 0.251 e. The molecule has 2 aliphatic rings. The van der Waals surface area contributed by atoms with Crippen molar-refractivity contribution in [3.8, 4) is 0 Å². The number of piperidine rings is 1. The van der Waals surface area contributed by atoms with E-state index in [-0.39, 0.29) is 11.5 Å². The van der Waals surface area contributed by atoms with E-state index in [0.29, 0.717) is 25.3 Å². The fourth-order valence-electron chi connectivity index (χ4n) is 4.40. The van der Waals surface area contributed by atoms with Gasteiger partial charge < -0.3 is 10.1 Å². The lowest BCUT2D eigenvalue weighted by Gasteiger charge is -2.44. The molecule has 0 bridgehead atoms. The lowest BCUT2D eigenvalue weighted by atomic mass is 9.91. The largest absolute Gasteiger partial charge is 0.365 e. The molecule has 5 rings (SSSR count). The van der Waals surface area contributed by atoms with Crippen molar-refractivity contribution < 1.29 is 9.53 Å². The van der Waals surface area contributed by atoms with Crippen molar-refractivity contribution in [3.05, 3.63) is 69.7 Å². The fraction of sp³-hybridized carbons (Fsp3) is 0.409. The highest BCUT2D eigenvalue weighted by Crippen LogP contribution is 2.33. The first-order valence-corrected chi connectivity index (χ1v) is 11.3. The van der Waals surface area contributed by atoms with Crippen LogP contribution in [0.1, 0.15) is 40.2 Å². The van der Waals surface area contributed by atoms with E-state index in [9.17, 15) is 4.79 Å². The van der Waals surface area contributed by atoms with Crippen LogP contribution in [0, 0.1) is 0 Å². The predicted octanol–water partition coefficient (Wildman–Crippen LogP) is 2.83. The molecular weight excluding hydrogens is 398 g/mol. The van der Waals surface area contributed by atoms with Crippen LogP contribution in [0.3, 0.4) is 0 Å². The van der Waals surface area contributed by atoms with Gasteiger partial charge in [0.2, 0.25) is 0 Å². The minimum Gasteiger partial charge on any atom is -0.365 e. The normalized spacial score (nSPS) is 21.5. The SMILES string of the molecule is O=C(NCc1nnn2c1COC1(CCCN(Cc3ccsc3)C1)C2)c1ccccc1. The molecule has 8 heteroatoms. The van der Waals surface area contributed by atoms with E-state index >= 15 is 0 Å². The fourth-order valence-corrected chi connectivity index (χ4v) is 5.06. The zero-order chi connectivity index (χ0) is 20.4. The smallest absolute Gasteiger partial charge is 0.251 e. The molecule has 1 saturated heterocycles. The highest BCUT2D eigenvalue weighted by Gasteiger charge is 2.41. The quantitative estimate of drug-likeness (QED) is 0.683. The van der Waals surface area contributed by atoms with Crippen LogP contribution in [-0.4, -0.2) is 44.5 Å². The van der Waals surface area contributed by atoms with Crippen molar-refractivity contribution in [2.24, 2.45) is 0 Å². The third-order valence-electron chi connectivity index (χ3n) is 5.93. The lowest BCUT2D eigenvalue weighted by molar-refractivity contribution is -0.129. The number of thiophene rings is 1. The highest BCUT2D eigenvalue weighted by atomic mass is 32.1. The molecule has 1 fully saturated rings. The summed E-state index contributed by atoms with van der Waals surface area (Å²) in [7, 11) is 0. The molecule has 1 aromatic carbocycles. The second-order valence-electron chi connectivity index (χ2n) is 8.11. The number of carbonyl (C=O) groups excluding carboxylic acids is 1. The van der Waals surface area contributed by atoms with Gasteiger partial charge in [-0.05, 0) is 53.9 Å². The molecule has 0 aliphatic carbocycles. The van der Waals surface area contributed by atoms with Gasteiger partial charge in [-0.1, -0.05) is 23.4 Å². The second kappa shape index (κ2) is 8.29. The number of rotatable bonds is 5. The minimum absolute atomic E-state index is 0.109. The molecular formula is C22H25N5O2S. The minimum atomic E-state index is -0.209. The molecule has 4 heterocycles. The first kappa shape index (κ1) is 19.4. The molecule has 156 valence electrons. The number of aromatic nitrogens is 3. The van der Waals surface area contributed by atoms with E-state index in [1.54, 1.807) is 23.5 Å². The maximum atomic E-state index is 12.3. The number of amides is 1. The Bertz CT molecular complexity index is 1000. The first-order chi connectivity index (χ1) is 14.7. The average Bonchev–Trinajstić information content (AvgIpc) is 3.42. The summed E-state index contributed by atoms with van der Waals surface area (Å²) in [6.45, 7) is 4.52. The number of hydrogen-bond donors (Lipinski definition) is 1. The molecule has 0 radical (unpaired) electrons. The zero-order valence-corrected chi connectivity index (χ0v) is 17.6. The Labute approximate surface area is 179 Å². The summed E-state index contributed by atoms with van der Waals surface area (Å²) in [6.07, 6.45) is 2.15. The Morgan fingerprint density at radius 2 is 2.13 bits per heavy atom. The summed E-state index contributed by atoms with van der Waals surface area (Å²) >= 11 is 1.74. The van der Waals surface area contributed by atoms with E-state index < -0.39 is 0 Å². The number of carbonyl (C=O) groups is 1. The van der Waals surface area contributed by atoms with Gasteiger partial charge in [0.15, 0.2) is 0 Å². The van der Waals surface area contributed by atoms with E-state index in [0.717, 1.165) is 43.9 Å². The predicted molar refractivity (Wildman–Crippen MR) is 114 cm³/mol. The number of nitrogens with zero attached hydrogens (tertiary/aromatic N) is 4. The first-order valence-electron chi connectivity index (χ1n) is 10.3. The van der Waals surface area contributed by atoms with E-state index in [4.69, 9.17) is 4.74 Å². The van der Waals surface area contributed by atoms with Crippen molar-refractivity contribution in [3.63, 3.8) is 0 Å². The Morgan fingerprint density at radius 3 is 2.97 bits per heavy atom. The van der Waals surface area contributed by atoms with Crippen LogP contribution in [0.4, 0.5) is 0 Å². The van der Waals surface area contributed by atoms with Gasteiger partial charge in [-0.2, -0.15) is 11.3 Å². The van der Waals surface area contributed by atoms with Crippen molar-refractivity contribution in [1.82, 2.24) is 25.2 Å². The number of fused-ring (bicyclic) bond motifs is 1. The Morgan fingerprint density at radius 1 is 1.23 bits per heavy atom. The zero-order valence-electron chi connectivity index (χ0n) is 16.8. The lowest BCUT2D eigenvalue weighted by Crippen LogP contribution is -2.54. The third-order valence-corrected chi connectivity index (χ3v) is 6.66. The van der Waals surface area contributed by atoms with Crippen LogP contribution in [-0.2, 0) is 31.0 Å². The van der Waals surface area contributed by atoms with Gasteiger partial charge in [0.1, 0.15) is 11.3 Å². The Kier molecular flexibility index (Phi) is 5.37. The summed E-state index contributed by atoms with van der Waals surface area (Å²) in [4.78, 5) is 14.8. The molecule has 0 saturated carbocycles. The summed E-state index contributed by atoms with van der Waals surface area (Å²) in [5, 5.41) is 16.0. The molecule has 7 nitrogen and oxygen atoms in total. The number of nitrogens with one attached hydrogen (secondary N) is 1. The average molecular weight is 424 g/mol. The van der Waals surface area contributed by atoms with Gasteiger partial charge in [-0.15, -0.1) is 5.10 Å². The third kappa shape index (κ3) is 4.03. The van der Waals surface area contributed by atoms with Crippen molar-refractivity contribution >= 4 is 17.2 Å². The van der Waals surface area contributed by atoms with Gasteiger partial charge >= 0.3 is 0 Å². The highest BCUT2D eigenvalue weighted by molar-refractivity contribution is 7.07. The Balaban J connectivity index is 1.23. The van der Waals surface area contributed by atoms with Gasteiger partial charge in [0, 0.05) is 18.7 Å². The van der Waals surface area contributed by atoms with Crippen LogP contribution in [0.5, 0.6) is 0 Å². The molecule has 2 aliphatic heterocycles. The van der Waals surface area contributed by atoms with Crippen molar-refractivity contribution in [2.75, 3.05) is 13.1 Å². The standard InChI is InChI=1S/C22H25N5O2S/c28-21(18-5-2-1-3-6-18)23-11-19-20-13-29-22(16-27(20)25-24-19)8-4-9-26(15-22)12-17-7-10-30-14-17/h1-3,5-7,10,14H,4,8-9,11-13,15-16H2,(H,23,28). The van der Waals surface area contributed by atoms with E-state index in [2.05, 4.69) is 37.4 Å².